The maximum Gasteiger partial charge on any atom is 0.137 e. The molecule has 3 heteroatoms. The van der Waals surface area contributed by atoms with Gasteiger partial charge in [-0.15, -0.1) is 0 Å². The van der Waals surface area contributed by atoms with Crippen LogP contribution in [0.15, 0.2) is 18.2 Å². The lowest BCUT2D eigenvalue weighted by Gasteiger charge is -2.19. The van der Waals surface area contributed by atoms with E-state index < -0.39 is 0 Å². The zero-order chi connectivity index (χ0) is 10.8. The van der Waals surface area contributed by atoms with Gasteiger partial charge in [0, 0.05) is 4.75 Å². The standard InChI is InChI=1S/C11H15ClOS/c1-4-13-10-6-5-8(7-9(10)12)11(2,3)14/h5-7,14H,4H2,1-3H3. The summed E-state index contributed by atoms with van der Waals surface area (Å²) in [6.07, 6.45) is 0. The Morgan fingerprint density at radius 2 is 2.07 bits per heavy atom. The van der Waals surface area contributed by atoms with Crippen LogP contribution in [-0.4, -0.2) is 6.61 Å². The average Bonchev–Trinajstić information content (AvgIpc) is 2.07. The van der Waals surface area contributed by atoms with Crippen LogP contribution in [0.3, 0.4) is 0 Å². The van der Waals surface area contributed by atoms with Crippen molar-refractivity contribution in [2.45, 2.75) is 25.5 Å². The molecule has 0 amide bonds. The molecule has 14 heavy (non-hydrogen) atoms. The maximum absolute atomic E-state index is 6.06. The molecule has 0 aliphatic carbocycles. The Bertz CT molecular complexity index is 318. The lowest BCUT2D eigenvalue weighted by atomic mass is 10.0. The van der Waals surface area contributed by atoms with Crippen molar-refractivity contribution >= 4 is 24.2 Å². The van der Waals surface area contributed by atoms with E-state index >= 15 is 0 Å². The molecule has 0 radical (unpaired) electrons. The predicted molar refractivity (Wildman–Crippen MR) is 64.6 cm³/mol. The molecule has 0 aliphatic heterocycles. The lowest BCUT2D eigenvalue weighted by Crippen LogP contribution is -2.07. The van der Waals surface area contributed by atoms with Crippen LogP contribution in [0.2, 0.25) is 5.02 Å². The summed E-state index contributed by atoms with van der Waals surface area (Å²) in [6, 6.07) is 5.78. The van der Waals surface area contributed by atoms with Gasteiger partial charge in [-0.2, -0.15) is 12.6 Å². The fraction of sp³-hybridized carbons (Fsp3) is 0.455. The zero-order valence-electron chi connectivity index (χ0n) is 8.67. The van der Waals surface area contributed by atoms with E-state index in [1.54, 1.807) is 0 Å². The quantitative estimate of drug-likeness (QED) is 0.775. The zero-order valence-corrected chi connectivity index (χ0v) is 10.3. The van der Waals surface area contributed by atoms with Crippen LogP contribution >= 0.6 is 24.2 Å². The molecule has 0 aromatic heterocycles. The van der Waals surface area contributed by atoms with E-state index in [-0.39, 0.29) is 4.75 Å². The van der Waals surface area contributed by atoms with Crippen LogP contribution in [0.1, 0.15) is 26.3 Å². The fourth-order valence-corrected chi connectivity index (χ4v) is 1.53. The first-order chi connectivity index (χ1) is 6.45. The number of hydrogen-bond donors (Lipinski definition) is 1. The van der Waals surface area contributed by atoms with Crippen LogP contribution in [-0.2, 0) is 4.75 Å². The molecule has 0 saturated carbocycles. The number of thiol groups is 1. The first kappa shape index (κ1) is 11.7. The van der Waals surface area contributed by atoms with Crippen molar-refractivity contribution in [1.82, 2.24) is 0 Å². The summed E-state index contributed by atoms with van der Waals surface area (Å²) in [7, 11) is 0. The fourth-order valence-electron chi connectivity index (χ4n) is 1.15. The van der Waals surface area contributed by atoms with E-state index in [4.69, 9.17) is 16.3 Å². The summed E-state index contributed by atoms with van der Waals surface area (Å²) in [5.41, 5.74) is 1.09. The minimum atomic E-state index is -0.172. The molecule has 0 heterocycles. The number of ether oxygens (including phenoxy) is 1. The second kappa shape index (κ2) is 4.45. The Kier molecular flexibility index (Phi) is 3.73. The minimum absolute atomic E-state index is 0.172. The summed E-state index contributed by atoms with van der Waals surface area (Å²) in [5, 5.41) is 0.645. The van der Waals surface area contributed by atoms with Gasteiger partial charge in [0.1, 0.15) is 5.75 Å². The average molecular weight is 231 g/mol. The molecule has 0 atom stereocenters. The van der Waals surface area contributed by atoms with Gasteiger partial charge in [-0.3, -0.25) is 0 Å². The highest BCUT2D eigenvalue weighted by atomic mass is 35.5. The third kappa shape index (κ3) is 2.82. The normalized spacial score (nSPS) is 11.5. The molecule has 0 unspecified atom stereocenters. The molecule has 0 bridgehead atoms. The topological polar surface area (TPSA) is 9.23 Å². The van der Waals surface area contributed by atoms with Gasteiger partial charge < -0.3 is 4.74 Å². The number of benzene rings is 1. The molecular weight excluding hydrogens is 216 g/mol. The SMILES string of the molecule is CCOc1ccc(C(C)(C)S)cc1Cl. The van der Waals surface area contributed by atoms with Crippen molar-refractivity contribution < 1.29 is 4.74 Å². The van der Waals surface area contributed by atoms with Gasteiger partial charge in [0.15, 0.2) is 0 Å². The van der Waals surface area contributed by atoms with Gasteiger partial charge in [0.25, 0.3) is 0 Å². The Hall–Kier alpha value is -0.340. The third-order valence-electron chi connectivity index (χ3n) is 1.94. The van der Waals surface area contributed by atoms with Crippen molar-refractivity contribution in [3.05, 3.63) is 28.8 Å². The second-order valence-corrected chi connectivity index (χ2v) is 5.16. The van der Waals surface area contributed by atoms with Gasteiger partial charge in [-0.05, 0) is 38.5 Å². The molecular formula is C11H15ClOS. The van der Waals surface area contributed by atoms with Crippen molar-refractivity contribution in [1.29, 1.82) is 0 Å². The molecule has 1 rings (SSSR count). The van der Waals surface area contributed by atoms with Crippen LogP contribution in [0, 0.1) is 0 Å². The molecule has 0 aliphatic rings. The lowest BCUT2D eigenvalue weighted by molar-refractivity contribution is 0.340. The van der Waals surface area contributed by atoms with E-state index in [9.17, 15) is 0 Å². The van der Waals surface area contributed by atoms with E-state index in [1.165, 1.54) is 0 Å². The van der Waals surface area contributed by atoms with Gasteiger partial charge >= 0.3 is 0 Å². The van der Waals surface area contributed by atoms with Crippen molar-refractivity contribution in [2.24, 2.45) is 0 Å². The minimum Gasteiger partial charge on any atom is -0.492 e. The third-order valence-corrected chi connectivity index (χ3v) is 2.49. The van der Waals surface area contributed by atoms with Crippen LogP contribution < -0.4 is 4.74 Å². The molecule has 1 aromatic rings. The Labute approximate surface area is 95.8 Å². The molecule has 1 nitrogen and oxygen atoms in total. The van der Waals surface area contributed by atoms with Crippen LogP contribution in [0.25, 0.3) is 0 Å². The van der Waals surface area contributed by atoms with Crippen molar-refractivity contribution in [3.8, 4) is 5.75 Å². The molecule has 0 spiro atoms. The monoisotopic (exact) mass is 230 g/mol. The van der Waals surface area contributed by atoms with E-state index in [0.29, 0.717) is 11.6 Å². The molecule has 0 N–H and O–H groups in total. The summed E-state index contributed by atoms with van der Waals surface area (Å²) in [6.45, 7) is 6.63. The van der Waals surface area contributed by atoms with E-state index in [0.717, 1.165) is 11.3 Å². The number of hydrogen-bond acceptors (Lipinski definition) is 2. The molecule has 0 fully saturated rings. The second-order valence-electron chi connectivity index (χ2n) is 3.64. The number of halogens is 1. The highest BCUT2D eigenvalue weighted by Crippen LogP contribution is 2.33. The molecule has 1 aromatic carbocycles. The Balaban J connectivity index is 3.01. The first-order valence-corrected chi connectivity index (χ1v) is 5.43. The summed E-state index contributed by atoms with van der Waals surface area (Å²) < 4.78 is 5.18. The Morgan fingerprint density at radius 3 is 2.50 bits per heavy atom. The highest BCUT2D eigenvalue weighted by molar-refractivity contribution is 7.81. The van der Waals surface area contributed by atoms with Gasteiger partial charge in [0.05, 0.1) is 11.6 Å². The van der Waals surface area contributed by atoms with E-state index in [1.807, 2.05) is 39.0 Å². The van der Waals surface area contributed by atoms with Crippen molar-refractivity contribution in [2.75, 3.05) is 6.61 Å². The van der Waals surface area contributed by atoms with E-state index in [2.05, 4.69) is 12.6 Å². The van der Waals surface area contributed by atoms with Gasteiger partial charge in [0.2, 0.25) is 0 Å². The van der Waals surface area contributed by atoms with Crippen LogP contribution in [0.4, 0.5) is 0 Å². The van der Waals surface area contributed by atoms with Gasteiger partial charge in [-0.1, -0.05) is 17.7 Å². The molecule has 78 valence electrons. The van der Waals surface area contributed by atoms with Crippen LogP contribution in [0.5, 0.6) is 5.75 Å². The Morgan fingerprint density at radius 1 is 1.43 bits per heavy atom. The predicted octanol–water partition coefficient (Wildman–Crippen LogP) is 3.90. The number of rotatable bonds is 3. The maximum atomic E-state index is 6.06. The van der Waals surface area contributed by atoms with Crippen molar-refractivity contribution in [3.63, 3.8) is 0 Å². The summed E-state index contributed by atoms with van der Waals surface area (Å²) in [5.74, 6) is 0.732. The summed E-state index contributed by atoms with van der Waals surface area (Å²) in [4.78, 5) is 0. The molecule has 0 saturated heterocycles. The first-order valence-electron chi connectivity index (χ1n) is 4.60. The largest absolute Gasteiger partial charge is 0.492 e. The highest BCUT2D eigenvalue weighted by Gasteiger charge is 2.16. The van der Waals surface area contributed by atoms with Gasteiger partial charge in [-0.25, -0.2) is 0 Å². The summed E-state index contributed by atoms with van der Waals surface area (Å²) >= 11 is 10.5. The smallest absolute Gasteiger partial charge is 0.137 e.